The van der Waals surface area contributed by atoms with Gasteiger partial charge in [0.15, 0.2) is 5.78 Å². The van der Waals surface area contributed by atoms with E-state index in [-0.39, 0.29) is 5.78 Å². The van der Waals surface area contributed by atoms with Crippen LogP contribution in [-0.4, -0.2) is 27.0 Å². The number of imidazole rings is 1. The summed E-state index contributed by atoms with van der Waals surface area (Å²) in [5.41, 5.74) is 0.571. The number of aromatic nitrogens is 2. The van der Waals surface area contributed by atoms with Gasteiger partial charge in [-0.1, -0.05) is 18.2 Å². The van der Waals surface area contributed by atoms with Crippen LogP contribution in [0.1, 0.15) is 34.1 Å². The number of thiophene rings is 1. The SMILES string of the molecule is CC(=O)c1ccccc1OCCn1ccnc1[C@H](O)c1cccs1. The van der Waals surface area contributed by atoms with Crippen molar-refractivity contribution in [1.29, 1.82) is 0 Å². The number of rotatable bonds is 7. The normalized spacial score (nSPS) is 12.1. The van der Waals surface area contributed by atoms with Crippen molar-refractivity contribution in [3.05, 3.63) is 70.4 Å². The van der Waals surface area contributed by atoms with Crippen molar-refractivity contribution in [2.45, 2.75) is 19.6 Å². The lowest BCUT2D eigenvalue weighted by Crippen LogP contribution is -2.14. The lowest BCUT2D eigenvalue weighted by atomic mass is 10.1. The number of Topliss-reactive ketones (excluding diaryl/α,β-unsaturated/α-hetero) is 1. The molecule has 0 amide bonds. The molecular formula is C18H18N2O3S. The Hall–Kier alpha value is -2.44. The molecule has 0 saturated carbocycles. The first-order valence-electron chi connectivity index (χ1n) is 7.62. The molecule has 2 aromatic heterocycles. The van der Waals surface area contributed by atoms with E-state index in [0.29, 0.717) is 30.3 Å². The van der Waals surface area contributed by atoms with E-state index in [9.17, 15) is 9.90 Å². The highest BCUT2D eigenvalue weighted by molar-refractivity contribution is 7.10. The molecule has 0 fully saturated rings. The maximum absolute atomic E-state index is 11.6. The van der Waals surface area contributed by atoms with Gasteiger partial charge in [-0.15, -0.1) is 11.3 Å². The molecule has 0 aliphatic carbocycles. The second kappa shape index (κ2) is 7.42. The van der Waals surface area contributed by atoms with Gasteiger partial charge in [-0.25, -0.2) is 4.98 Å². The fourth-order valence-corrected chi connectivity index (χ4v) is 3.17. The fraction of sp³-hybridized carbons (Fsp3) is 0.222. The van der Waals surface area contributed by atoms with E-state index < -0.39 is 6.10 Å². The summed E-state index contributed by atoms with van der Waals surface area (Å²) in [5.74, 6) is 1.13. The van der Waals surface area contributed by atoms with Crippen molar-refractivity contribution in [1.82, 2.24) is 9.55 Å². The molecule has 124 valence electrons. The number of benzene rings is 1. The first-order chi connectivity index (χ1) is 11.7. The highest BCUT2D eigenvalue weighted by atomic mass is 32.1. The van der Waals surface area contributed by atoms with Crippen LogP contribution in [0.2, 0.25) is 0 Å². The van der Waals surface area contributed by atoms with Crippen LogP contribution < -0.4 is 4.74 Å². The molecule has 0 radical (unpaired) electrons. The first kappa shape index (κ1) is 16.4. The Kier molecular flexibility index (Phi) is 5.08. The molecule has 2 heterocycles. The summed E-state index contributed by atoms with van der Waals surface area (Å²) in [6.07, 6.45) is 2.73. The third-order valence-corrected chi connectivity index (χ3v) is 4.59. The van der Waals surface area contributed by atoms with E-state index in [4.69, 9.17) is 4.74 Å². The lowest BCUT2D eigenvalue weighted by Gasteiger charge is -2.14. The molecule has 1 atom stereocenters. The summed E-state index contributed by atoms with van der Waals surface area (Å²) in [7, 11) is 0. The van der Waals surface area contributed by atoms with Gasteiger partial charge in [-0.05, 0) is 30.5 Å². The fourth-order valence-electron chi connectivity index (χ4n) is 2.47. The summed E-state index contributed by atoms with van der Waals surface area (Å²) in [4.78, 5) is 16.7. The second-order valence-electron chi connectivity index (χ2n) is 5.30. The molecule has 0 saturated heterocycles. The zero-order chi connectivity index (χ0) is 16.9. The molecule has 0 bridgehead atoms. The highest BCUT2D eigenvalue weighted by Crippen LogP contribution is 2.24. The molecule has 0 aliphatic heterocycles. The maximum atomic E-state index is 11.6. The molecule has 0 unspecified atom stereocenters. The second-order valence-corrected chi connectivity index (χ2v) is 6.28. The van der Waals surface area contributed by atoms with Crippen LogP contribution in [-0.2, 0) is 6.54 Å². The van der Waals surface area contributed by atoms with Crippen molar-refractivity contribution in [3.8, 4) is 5.75 Å². The number of carbonyl (C=O) groups is 1. The first-order valence-corrected chi connectivity index (χ1v) is 8.50. The molecule has 24 heavy (non-hydrogen) atoms. The van der Waals surface area contributed by atoms with Crippen LogP contribution in [0.4, 0.5) is 0 Å². The number of hydrogen-bond donors (Lipinski definition) is 1. The number of hydrogen-bond acceptors (Lipinski definition) is 5. The van der Waals surface area contributed by atoms with Crippen LogP contribution in [0, 0.1) is 0 Å². The van der Waals surface area contributed by atoms with Gasteiger partial charge >= 0.3 is 0 Å². The predicted octanol–water partition coefficient (Wildman–Crippen LogP) is 3.31. The summed E-state index contributed by atoms with van der Waals surface area (Å²) < 4.78 is 7.61. The third kappa shape index (κ3) is 3.55. The molecule has 6 heteroatoms. The minimum absolute atomic E-state index is 0.0259. The molecule has 0 spiro atoms. The molecule has 1 N–H and O–H groups in total. The molecule has 5 nitrogen and oxygen atoms in total. The van der Waals surface area contributed by atoms with Gasteiger partial charge < -0.3 is 14.4 Å². The number of carbonyl (C=O) groups excluding carboxylic acids is 1. The predicted molar refractivity (Wildman–Crippen MR) is 92.5 cm³/mol. The van der Waals surface area contributed by atoms with Crippen molar-refractivity contribution in [2.24, 2.45) is 0 Å². The monoisotopic (exact) mass is 342 g/mol. The van der Waals surface area contributed by atoms with E-state index in [1.54, 1.807) is 18.3 Å². The summed E-state index contributed by atoms with van der Waals surface area (Å²) in [6, 6.07) is 11.0. The van der Waals surface area contributed by atoms with Gasteiger partial charge in [-0.3, -0.25) is 4.79 Å². The van der Waals surface area contributed by atoms with Crippen molar-refractivity contribution >= 4 is 17.1 Å². The number of aliphatic hydroxyl groups excluding tert-OH is 1. The number of ketones is 1. The molecular weight excluding hydrogens is 324 g/mol. The van der Waals surface area contributed by atoms with Crippen LogP contribution in [0.3, 0.4) is 0 Å². The lowest BCUT2D eigenvalue weighted by molar-refractivity contribution is 0.101. The Labute approximate surface area is 144 Å². The summed E-state index contributed by atoms with van der Waals surface area (Å²) >= 11 is 1.49. The zero-order valence-corrected chi connectivity index (χ0v) is 14.1. The van der Waals surface area contributed by atoms with E-state index in [2.05, 4.69) is 4.98 Å². The maximum Gasteiger partial charge on any atom is 0.163 e. The minimum Gasteiger partial charge on any atom is -0.491 e. The van der Waals surface area contributed by atoms with Gasteiger partial charge in [0.2, 0.25) is 0 Å². The number of para-hydroxylation sites is 1. The minimum atomic E-state index is -0.746. The van der Waals surface area contributed by atoms with E-state index in [1.807, 2.05) is 40.4 Å². The Morgan fingerprint density at radius 3 is 2.92 bits per heavy atom. The van der Waals surface area contributed by atoms with Crippen molar-refractivity contribution in [2.75, 3.05) is 6.61 Å². The Morgan fingerprint density at radius 1 is 1.33 bits per heavy atom. The van der Waals surface area contributed by atoms with E-state index >= 15 is 0 Å². The van der Waals surface area contributed by atoms with Gasteiger partial charge in [0.05, 0.1) is 12.1 Å². The Morgan fingerprint density at radius 2 is 2.17 bits per heavy atom. The van der Waals surface area contributed by atoms with E-state index in [0.717, 1.165) is 4.88 Å². The Bertz CT molecular complexity index is 811. The van der Waals surface area contributed by atoms with Crippen LogP contribution in [0.5, 0.6) is 5.75 Å². The summed E-state index contributed by atoms with van der Waals surface area (Å²) in [6.45, 7) is 2.43. The van der Waals surface area contributed by atoms with Gasteiger partial charge in [0, 0.05) is 17.3 Å². The van der Waals surface area contributed by atoms with Crippen molar-refractivity contribution in [3.63, 3.8) is 0 Å². The van der Waals surface area contributed by atoms with E-state index in [1.165, 1.54) is 18.3 Å². The smallest absolute Gasteiger partial charge is 0.163 e. The van der Waals surface area contributed by atoms with Gasteiger partial charge in [-0.2, -0.15) is 0 Å². The topological polar surface area (TPSA) is 64.4 Å². The highest BCUT2D eigenvalue weighted by Gasteiger charge is 2.17. The molecule has 3 aromatic rings. The number of aliphatic hydroxyl groups is 1. The van der Waals surface area contributed by atoms with Crippen molar-refractivity contribution < 1.29 is 14.6 Å². The van der Waals surface area contributed by atoms with Crippen LogP contribution in [0.25, 0.3) is 0 Å². The summed E-state index contributed by atoms with van der Waals surface area (Å²) in [5, 5.41) is 12.3. The molecule has 3 rings (SSSR count). The van der Waals surface area contributed by atoms with Gasteiger partial charge in [0.1, 0.15) is 24.3 Å². The zero-order valence-electron chi connectivity index (χ0n) is 13.3. The van der Waals surface area contributed by atoms with Crippen LogP contribution in [0.15, 0.2) is 54.2 Å². The quantitative estimate of drug-likeness (QED) is 0.669. The standard InChI is InChI=1S/C18H18N2O3S/c1-13(21)14-5-2-3-6-15(14)23-11-10-20-9-8-19-18(20)17(22)16-7-4-12-24-16/h2-9,12,17,22H,10-11H2,1H3/t17-/m1/s1. The average Bonchev–Trinajstić information content (AvgIpc) is 3.26. The largest absolute Gasteiger partial charge is 0.491 e. The number of nitrogens with zero attached hydrogens (tertiary/aromatic N) is 2. The average molecular weight is 342 g/mol. The molecule has 1 aromatic carbocycles. The van der Waals surface area contributed by atoms with Crippen LogP contribution >= 0.6 is 11.3 Å². The molecule has 0 aliphatic rings. The van der Waals surface area contributed by atoms with Gasteiger partial charge in [0.25, 0.3) is 0 Å². The third-order valence-electron chi connectivity index (χ3n) is 3.66. The Balaban J connectivity index is 1.67. The number of ether oxygens (including phenoxy) is 1.